The van der Waals surface area contributed by atoms with Gasteiger partial charge in [-0.25, -0.2) is 9.59 Å². The molecule has 0 saturated heterocycles. The molecule has 1 unspecified atom stereocenters. The van der Waals surface area contributed by atoms with Crippen LogP contribution in [0.25, 0.3) is 21.7 Å². The van der Waals surface area contributed by atoms with Crippen molar-refractivity contribution in [2.45, 2.75) is 32.7 Å². The number of carboxylic acid groups (broad SMARTS) is 1. The molecule has 28 heavy (non-hydrogen) atoms. The van der Waals surface area contributed by atoms with Gasteiger partial charge >= 0.3 is 11.6 Å². The monoisotopic (exact) mass is 383 g/mol. The highest BCUT2D eigenvalue weighted by Crippen LogP contribution is 2.30. The Morgan fingerprint density at radius 3 is 2.54 bits per heavy atom. The van der Waals surface area contributed by atoms with Gasteiger partial charge in [-0.15, -0.1) is 0 Å². The van der Waals surface area contributed by atoms with Gasteiger partial charge in [0.15, 0.2) is 6.61 Å². The second-order valence-electron chi connectivity index (χ2n) is 6.54. The molecule has 1 atom stereocenters. The molecular weight excluding hydrogens is 362 g/mol. The minimum atomic E-state index is -1.08. The largest absolute Gasteiger partial charge is 0.483 e. The van der Waals surface area contributed by atoms with Crippen LogP contribution < -0.4 is 15.7 Å². The van der Waals surface area contributed by atoms with E-state index in [0.717, 1.165) is 10.8 Å². The minimum Gasteiger partial charge on any atom is -0.483 e. The molecule has 1 heterocycles. The Labute approximate surface area is 160 Å². The summed E-state index contributed by atoms with van der Waals surface area (Å²) < 4.78 is 11.0. The number of fused-ring (bicyclic) bond motifs is 3. The first-order valence-electron chi connectivity index (χ1n) is 9.02. The number of rotatable bonds is 7. The zero-order chi connectivity index (χ0) is 20.3. The van der Waals surface area contributed by atoms with Crippen LogP contribution in [0.1, 0.15) is 25.3 Å². The number of ether oxygens (including phenoxy) is 1. The normalized spacial score (nSPS) is 12.1. The fourth-order valence-electron chi connectivity index (χ4n) is 3.14. The number of aryl methyl sites for hydroxylation is 1. The van der Waals surface area contributed by atoms with Crippen molar-refractivity contribution >= 4 is 33.6 Å². The van der Waals surface area contributed by atoms with Crippen molar-refractivity contribution in [2.24, 2.45) is 0 Å². The Balaban J connectivity index is 1.84. The molecule has 0 fully saturated rings. The summed E-state index contributed by atoms with van der Waals surface area (Å²) in [6, 6.07) is 9.72. The van der Waals surface area contributed by atoms with E-state index in [0.29, 0.717) is 35.1 Å². The maximum Gasteiger partial charge on any atom is 0.344 e. The van der Waals surface area contributed by atoms with Crippen LogP contribution >= 0.6 is 0 Å². The number of nitrogens with one attached hydrogen (secondary N) is 1. The molecule has 0 saturated carbocycles. The maximum atomic E-state index is 12.2. The van der Waals surface area contributed by atoms with E-state index in [1.54, 1.807) is 31.2 Å². The van der Waals surface area contributed by atoms with E-state index >= 15 is 0 Å². The fraction of sp³-hybridized carbons (Fsp3) is 0.286. The molecule has 2 aromatic carbocycles. The summed E-state index contributed by atoms with van der Waals surface area (Å²) in [4.78, 5) is 35.4. The van der Waals surface area contributed by atoms with Crippen molar-refractivity contribution in [3.63, 3.8) is 0 Å². The molecule has 0 radical (unpaired) electrons. The Morgan fingerprint density at radius 2 is 1.86 bits per heavy atom. The maximum absolute atomic E-state index is 12.2. The third-order valence-corrected chi connectivity index (χ3v) is 4.56. The smallest absolute Gasteiger partial charge is 0.344 e. The second kappa shape index (κ2) is 8.12. The van der Waals surface area contributed by atoms with Gasteiger partial charge in [-0.2, -0.15) is 0 Å². The first-order chi connectivity index (χ1) is 13.4. The molecule has 0 bridgehead atoms. The number of amides is 1. The highest BCUT2D eigenvalue weighted by Gasteiger charge is 2.19. The lowest BCUT2D eigenvalue weighted by Gasteiger charge is -2.15. The summed E-state index contributed by atoms with van der Waals surface area (Å²) in [6.45, 7) is 3.25. The van der Waals surface area contributed by atoms with Crippen molar-refractivity contribution in [1.29, 1.82) is 0 Å². The van der Waals surface area contributed by atoms with E-state index in [1.165, 1.54) is 0 Å². The molecular formula is C21H21NO6. The van der Waals surface area contributed by atoms with Gasteiger partial charge in [0, 0.05) is 10.9 Å². The summed E-state index contributed by atoms with van der Waals surface area (Å²) in [5.74, 6) is -1.21. The molecule has 3 aromatic rings. The molecule has 146 valence electrons. The minimum absolute atomic E-state index is 0.336. The lowest BCUT2D eigenvalue weighted by Crippen LogP contribution is -2.42. The SMILES string of the molecule is CCCC(NC(=O)COc1ccc2c(oc(=O)c3ccccc32)c1C)C(=O)O. The lowest BCUT2D eigenvalue weighted by molar-refractivity contribution is -0.142. The predicted octanol–water partition coefficient (Wildman–Crippen LogP) is 3.00. The molecule has 7 heteroatoms. The van der Waals surface area contributed by atoms with Gasteiger partial charge < -0.3 is 19.6 Å². The zero-order valence-electron chi connectivity index (χ0n) is 15.7. The Kier molecular flexibility index (Phi) is 5.63. The van der Waals surface area contributed by atoms with Gasteiger partial charge in [-0.1, -0.05) is 31.5 Å². The summed E-state index contributed by atoms with van der Waals surface area (Å²) >= 11 is 0. The van der Waals surface area contributed by atoms with Crippen LogP contribution in [0.15, 0.2) is 45.6 Å². The number of carboxylic acids is 1. The number of carbonyl (C=O) groups excluding carboxylic acids is 1. The highest BCUT2D eigenvalue weighted by atomic mass is 16.5. The molecule has 0 aliphatic rings. The molecule has 0 aliphatic heterocycles. The average molecular weight is 383 g/mol. The molecule has 7 nitrogen and oxygen atoms in total. The molecule has 2 N–H and O–H groups in total. The van der Waals surface area contributed by atoms with Crippen molar-refractivity contribution in [1.82, 2.24) is 5.32 Å². The van der Waals surface area contributed by atoms with Crippen LogP contribution in [0.4, 0.5) is 0 Å². The first-order valence-corrected chi connectivity index (χ1v) is 9.02. The van der Waals surface area contributed by atoms with E-state index in [2.05, 4.69) is 5.32 Å². The molecule has 1 amide bonds. The van der Waals surface area contributed by atoms with Crippen LogP contribution in [0, 0.1) is 6.92 Å². The Morgan fingerprint density at radius 1 is 1.14 bits per heavy atom. The van der Waals surface area contributed by atoms with E-state index in [1.807, 2.05) is 19.1 Å². The van der Waals surface area contributed by atoms with Crippen LogP contribution in [0.3, 0.4) is 0 Å². The number of hydrogen-bond acceptors (Lipinski definition) is 5. The first kappa shape index (κ1) is 19.4. The summed E-state index contributed by atoms with van der Waals surface area (Å²) in [5, 5.41) is 13.6. The van der Waals surface area contributed by atoms with Crippen LogP contribution in [-0.2, 0) is 9.59 Å². The summed E-state index contributed by atoms with van der Waals surface area (Å²) in [6.07, 6.45) is 0.975. The van der Waals surface area contributed by atoms with Crippen molar-refractivity contribution in [3.05, 3.63) is 52.4 Å². The fourth-order valence-corrected chi connectivity index (χ4v) is 3.14. The van der Waals surface area contributed by atoms with Crippen LogP contribution in [-0.4, -0.2) is 29.6 Å². The van der Waals surface area contributed by atoms with Crippen molar-refractivity contribution < 1.29 is 23.8 Å². The van der Waals surface area contributed by atoms with E-state index in [-0.39, 0.29) is 6.61 Å². The molecule has 0 aliphatic carbocycles. The lowest BCUT2D eigenvalue weighted by atomic mass is 10.0. The van der Waals surface area contributed by atoms with Gasteiger partial charge in [0.1, 0.15) is 17.4 Å². The number of carbonyl (C=O) groups is 2. The van der Waals surface area contributed by atoms with E-state index in [4.69, 9.17) is 14.3 Å². The molecule has 0 spiro atoms. The summed E-state index contributed by atoms with van der Waals surface area (Å²) in [5.41, 5.74) is 0.553. The van der Waals surface area contributed by atoms with Crippen LogP contribution in [0.2, 0.25) is 0 Å². The number of hydrogen-bond donors (Lipinski definition) is 2. The summed E-state index contributed by atoms with van der Waals surface area (Å²) in [7, 11) is 0. The van der Waals surface area contributed by atoms with Gasteiger partial charge in [0.05, 0.1) is 5.39 Å². The van der Waals surface area contributed by atoms with Gasteiger partial charge in [0.2, 0.25) is 0 Å². The topological polar surface area (TPSA) is 106 Å². The average Bonchev–Trinajstić information content (AvgIpc) is 2.68. The standard InChI is InChI=1S/C21H21NO6/c1-3-6-16(20(24)25)22-18(23)11-27-17-10-9-14-13-7-4-5-8-15(13)21(26)28-19(14)12(17)2/h4-5,7-10,16H,3,6,11H2,1-2H3,(H,22,23)(H,24,25). The van der Waals surface area contributed by atoms with Gasteiger partial charge in [0.25, 0.3) is 5.91 Å². The number of aliphatic carboxylic acids is 1. The highest BCUT2D eigenvalue weighted by molar-refractivity contribution is 6.05. The third kappa shape index (κ3) is 3.83. The van der Waals surface area contributed by atoms with Crippen LogP contribution in [0.5, 0.6) is 5.75 Å². The Hall–Kier alpha value is -3.35. The number of benzene rings is 2. The predicted molar refractivity (Wildman–Crippen MR) is 105 cm³/mol. The molecule has 3 rings (SSSR count). The van der Waals surface area contributed by atoms with E-state index < -0.39 is 23.5 Å². The van der Waals surface area contributed by atoms with Crippen molar-refractivity contribution in [3.8, 4) is 5.75 Å². The second-order valence-corrected chi connectivity index (χ2v) is 6.54. The van der Waals surface area contributed by atoms with Gasteiger partial charge in [-0.05, 0) is 36.9 Å². The van der Waals surface area contributed by atoms with E-state index in [9.17, 15) is 14.4 Å². The van der Waals surface area contributed by atoms with Gasteiger partial charge in [-0.3, -0.25) is 4.79 Å². The quantitative estimate of drug-likeness (QED) is 0.480. The Bertz CT molecular complexity index is 1100. The molecule has 1 aromatic heterocycles. The zero-order valence-corrected chi connectivity index (χ0v) is 15.7. The third-order valence-electron chi connectivity index (χ3n) is 4.56. The van der Waals surface area contributed by atoms with Crippen molar-refractivity contribution in [2.75, 3.05) is 6.61 Å².